The molecule has 0 N–H and O–H groups in total. The molecule has 0 amide bonds. The van der Waals surface area contributed by atoms with Crippen molar-refractivity contribution in [3.05, 3.63) is 77.9 Å². The molecule has 0 bridgehead atoms. The third-order valence-corrected chi connectivity index (χ3v) is 6.21. The molecule has 134 valence electrons. The predicted octanol–water partition coefficient (Wildman–Crippen LogP) is 3.15. The number of hydrogen-bond acceptors (Lipinski definition) is 5. The van der Waals surface area contributed by atoms with Crippen molar-refractivity contribution in [2.24, 2.45) is 0 Å². The summed E-state index contributed by atoms with van der Waals surface area (Å²) in [5.41, 5.74) is 1.91. The van der Waals surface area contributed by atoms with E-state index in [2.05, 4.69) is 6.58 Å². The number of aryl methyl sites for hydroxylation is 1. The highest BCUT2D eigenvalue weighted by atomic mass is 32.2. The van der Waals surface area contributed by atoms with Crippen LogP contribution in [0.2, 0.25) is 0 Å². The third kappa shape index (κ3) is 3.84. The monoisotopic (exact) mass is 369 g/mol. The minimum absolute atomic E-state index is 0.0407. The Bertz CT molecular complexity index is 939. The van der Waals surface area contributed by atoms with Crippen molar-refractivity contribution < 1.29 is 17.9 Å². The number of nitrogens with zero attached hydrogens (tertiary/aromatic N) is 1. The molecule has 2 aromatic carbocycles. The van der Waals surface area contributed by atoms with Gasteiger partial charge < -0.3 is 4.74 Å². The van der Waals surface area contributed by atoms with E-state index in [0.29, 0.717) is 11.1 Å². The first-order valence-electron chi connectivity index (χ1n) is 7.86. The van der Waals surface area contributed by atoms with E-state index in [0.717, 1.165) is 12.7 Å². The second kappa shape index (κ2) is 7.98. The van der Waals surface area contributed by atoms with Gasteiger partial charge in [0.05, 0.1) is 23.6 Å². The van der Waals surface area contributed by atoms with Crippen molar-refractivity contribution in [3.8, 4) is 6.07 Å². The van der Waals surface area contributed by atoms with Gasteiger partial charge in [0.15, 0.2) is 15.1 Å². The topological polar surface area (TPSA) is 84.2 Å². The summed E-state index contributed by atoms with van der Waals surface area (Å²) < 4.78 is 31.1. The lowest BCUT2D eigenvalue weighted by molar-refractivity contribution is -0.140. The number of sulfone groups is 1. The molecule has 0 spiro atoms. The van der Waals surface area contributed by atoms with Crippen molar-refractivity contribution in [2.75, 3.05) is 7.11 Å². The summed E-state index contributed by atoms with van der Waals surface area (Å²) in [7, 11) is -2.86. The van der Waals surface area contributed by atoms with Crippen LogP contribution in [0.25, 0.3) is 0 Å². The lowest BCUT2D eigenvalue weighted by Crippen LogP contribution is -2.36. The number of rotatable bonds is 6. The van der Waals surface area contributed by atoms with Crippen molar-refractivity contribution in [2.45, 2.75) is 23.0 Å². The maximum absolute atomic E-state index is 13.1. The highest BCUT2D eigenvalue weighted by molar-refractivity contribution is 7.92. The van der Waals surface area contributed by atoms with Gasteiger partial charge in [-0.25, -0.2) is 8.42 Å². The van der Waals surface area contributed by atoms with Gasteiger partial charge in [0.1, 0.15) is 0 Å². The molecule has 0 aromatic heterocycles. The van der Waals surface area contributed by atoms with Gasteiger partial charge in [0, 0.05) is 5.92 Å². The van der Waals surface area contributed by atoms with Crippen LogP contribution in [0.3, 0.4) is 0 Å². The first-order chi connectivity index (χ1) is 12.3. The van der Waals surface area contributed by atoms with Crippen LogP contribution in [-0.4, -0.2) is 26.7 Å². The summed E-state index contributed by atoms with van der Waals surface area (Å²) in [6, 6.07) is 14.7. The van der Waals surface area contributed by atoms with E-state index in [4.69, 9.17) is 10.00 Å². The standard InChI is InChI=1S/C20H19NO4S/c1-4-18(16-9-7-15(13-21)8-10-16)19(20(22)25-3)26(23,24)17-11-5-14(2)6-12-17/h4-12,18-19H,1H2,2-3H3. The number of esters is 1. The van der Waals surface area contributed by atoms with Crippen LogP contribution in [0.15, 0.2) is 66.1 Å². The fourth-order valence-electron chi connectivity index (χ4n) is 2.67. The molecule has 0 saturated carbocycles. The van der Waals surface area contributed by atoms with Gasteiger partial charge in [-0.1, -0.05) is 35.9 Å². The molecule has 0 aliphatic rings. The van der Waals surface area contributed by atoms with Gasteiger partial charge >= 0.3 is 5.97 Å². The van der Waals surface area contributed by atoms with E-state index in [1.54, 1.807) is 36.4 Å². The number of nitriles is 1. The van der Waals surface area contributed by atoms with Crippen LogP contribution in [0, 0.1) is 18.3 Å². The Morgan fingerprint density at radius 1 is 1.15 bits per heavy atom. The Morgan fingerprint density at radius 3 is 2.19 bits per heavy atom. The average molecular weight is 369 g/mol. The van der Waals surface area contributed by atoms with E-state index in [1.807, 2.05) is 13.0 Å². The van der Waals surface area contributed by atoms with E-state index >= 15 is 0 Å². The minimum atomic E-state index is -4.02. The molecule has 5 nitrogen and oxygen atoms in total. The molecule has 26 heavy (non-hydrogen) atoms. The quantitative estimate of drug-likeness (QED) is 0.577. The van der Waals surface area contributed by atoms with Crippen molar-refractivity contribution in [1.29, 1.82) is 5.26 Å². The van der Waals surface area contributed by atoms with Gasteiger partial charge in [-0.3, -0.25) is 4.79 Å². The molecule has 2 unspecified atom stereocenters. The Kier molecular flexibility index (Phi) is 5.96. The fraction of sp³-hybridized carbons (Fsp3) is 0.200. The molecule has 0 fully saturated rings. The molecule has 0 aliphatic heterocycles. The normalized spacial score (nSPS) is 13.3. The lowest BCUT2D eigenvalue weighted by atomic mass is 9.94. The Hall–Kier alpha value is -2.91. The Labute approximate surface area is 153 Å². The van der Waals surface area contributed by atoms with Crippen LogP contribution in [0.4, 0.5) is 0 Å². The van der Waals surface area contributed by atoms with Crippen LogP contribution in [-0.2, 0) is 19.4 Å². The van der Waals surface area contributed by atoms with Crippen molar-refractivity contribution >= 4 is 15.8 Å². The number of carbonyl (C=O) groups excluding carboxylic acids is 1. The van der Waals surface area contributed by atoms with Crippen LogP contribution in [0.1, 0.15) is 22.6 Å². The van der Waals surface area contributed by atoms with Crippen molar-refractivity contribution in [1.82, 2.24) is 0 Å². The van der Waals surface area contributed by atoms with Gasteiger partial charge in [-0.15, -0.1) is 6.58 Å². The van der Waals surface area contributed by atoms with E-state index in [9.17, 15) is 13.2 Å². The average Bonchev–Trinajstić information content (AvgIpc) is 2.65. The number of ether oxygens (including phenoxy) is 1. The van der Waals surface area contributed by atoms with Gasteiger partial charge in [-0.05, 0) is 36.8 Å². The molecule has 0 saturated heterocycles. The zero-order chi connectivity index (χ0) is 19.3. The summed E-state index contributed by atoms with van der Waals surface area (Å²) in [6.45, 7) is 5.55. The van der Waals surface area contributed by atoms with E-state index in [1.165, 1.54) is 18.2 Å². The molecule has 2 rings (SSSR count). The highest BCUT2D eigenvalue weighted by Gasteiger charge is 2.41. The number of carbonyl (C=O) groups is 1. The number of benzene rings is 2. The Morgan fingerprint density at radius 2 is 1.73 bits per heavy atom. The van der Waals surface area contributed by atoms with E-state index in [-0.39, 0.29) is 4.90 Å². The second-order valence-corrected chi connectivity index (χ2v) is 7.87. The lowest BCUT2D eigenvalue weighted by Gasteiger charge is -2.23. The molecule has 0 heterocycles. The van der Waals surface area contributed by atoms with Crippen molar-refractivity contribution in [3.63, 3.8) is 0 Å². The molecule has 0 radical (unpaired) electrons. The number of hydrogen-bond donors (Lipinski definition) is 0. The third-order valence-electron chi connectivity index (χ3n) is 4.12. The minimum Gasteiger partial charge on any atom is -0.468 e. The van der Waals surface area contributed by atoms with Gasteiger partial charge in [-0.2, -0.15) is 5.26 Å². The first-order valence-corrected chi connectivity index (χ1v) is 9.40. The smallest absolute Gasteiger partial charge is 0.325 e. The summed E-state index contributed by atoms with van der Waals surface area (Å²) in [4.78, 5) is 12.4. The van der Waals surface area contributed by atoms with Gasteiger partial charge in [0.2, 0.25) is 0 Å². The van der Waals surface area contributed by atoms with E-state index < -0.39 is 27.0 Å². The second-order valence-electron chi connectivity index (χ2n) is 5.80. The molecule has 2 atom stereocenters. The Balaban J connectivity index is 2.57. The number of allylic oxidation sites excluding steroid dienone is 1. The van der Waals surface area contributed by atoms with Crippen LogP contribution < -0.4 is 0 Å². The fourth-order valence-corrected chi connectivity index (χ4v) is 4.48. The largest absolute Gasteiger partial charge is 0.468 e. The zero-order valence-corrected chi connectivity index (χ0v) is 15.4. The first kappa shape index (κ1) is 19.4. The zero-order valence-electron chi connectivity index (χ0n) is 14.5. The maximum atomic E-state index is 13.1. The molecule has 6 heteroatoms. The molecular weight excluding hydrogens is 350 g/mol. The summed E-state index contributed by atoms with van der Waals surface area (Å²) in [5, 5.41) is 7.45. The molecule has 2 aromatic rings. The molecular formula is C20H19NO4S. The maximum Gasteiger partial charge on any atom is 0.325 e. The predicted molar refractivity (Wildman–Crippen MR) is 98.3 cm³/mol. The molecule has 0 aliphatic carbocycles. The summed E-state index contributed by atoms with van der Waals surface area (Å²) in [5.74, 6) is -1.68. The van der Waals surface area contributed by atoms with Crippen LogP contribution >= 0.6 is 0 Å². The summed E-state index contributed by atoms with van der Waals surface area (Å²) >= 11 is 0. The SMILES string of the molecule is C=CC(c1ccc(C#N)cc1)C(C(=O)OC)S(=O)(=O)c1ccc(C)cc1. The summed E-state index contributed by atoms with van der Waals surface area (Å²) in [6.07, 6.45) is 1.41. The number of methoxy groups -OCH3 is 1. The van der Waals surface area contributed by atoms with Gasteiger partial charge in [0.25, 0.3) is 0 Å². The van der Waals surface area contributed by atoms with Crippen LogP contribution in [0.5, 0.6) is 0 Å². The highest BCUT2D eigenvalue weighted by Crippen LogP contribution is 2.31.